The number of para-hydroxylation sites is 1. The second-order valence-corrected chi connectivity index (χ2v) is 8.07. The summed E-state index contributed by atoms with van der Waals surface area (Å²) in [6.45, 7) is 7.55. The van der Waals surface area contributed by atoms with Crippen molar-refractivity contribution >= 4 is 39.7 Å². The molecule has 2 heterocycles. The topological polar surface area (TPSA) is 27.8 Å². The zero-order chi connectivity index (χ0) is 18.5. The van der Waals surface area contributed by atoms with E-state index in [-0.39, 0.29) is 5.54 Å². The Morgan fingerprint density at radius 1 is 1.08 bits per heavy atom. The highest BCUT2D eigenvalue weighted by Gasteiger charge is 2.35. The van der Waals surface area contributed by atoms with Crippen LogP contribution in [0, 0.1) is 6.92 Å². The number of aromatic nitrogens is 1. The SMILES string of the molecule is CC1=C(c2cc(Cl)ccc2C)CCN[C@@]1(C)c1c[nH]c2c(Cl)cccc12. The third-order valence-corrected chi connectivity index (χ3v) is 6.33. The van der Waals surface area contributed by atoms with Crippen LogP contribution in [0.3, 0.4) is 0 Å². The van der Waals surface area contributed by atoms with Crippen molar-refractivity contribution in [2.75, 3.05) is 6.54 Å². The van der Waals surface area contributed by atoms with Gasteiger partial charge in [-0.1, -0.05) is 41.4 Å². The second-order valence-electron chi connectivity index (χ2n) is 7.23. The third-order valence-electron chi connectivity index (χ3n) is 5.78. The van der Waals surface area contributed by atoms with E-state index in [1.54, 1.807) is 0 Å². The smallest absolute Gasteiger partial charge is 0.0647 e. The highest BCUT2D eigenvalue weighted by molar-refractivity contribution is 6.35. The van der Waals surface area contributed by atoms with Gasteiger partial charge in [0.15, 0.2) is 0 Å². The molecule has 3 aromatic rings. The fourth-order valence-corrected chi connectivity index (χ4v) is 4.54. The first kappa shape index (κ1) is 17.7. The largest absolute Gasteiger partial charge is 0.360 e. The molecule has 0 bridgehead atoms. The van der Waals surface area contributed by atoms with E-state index >= 15 is 0 Å². The van der Waals surface area contributed by atoms with Gasteiger partial charge >= 0.3 is 0 Å². The highest BCUT2D eigenvalue weighted by Crippen LogP contribution is 2.42. The van der Waals surface area contributed by atoms with Gasteiger partial charge in [0.05, 0.1) is 16.1 Å². The lowest BCUT2D eigenvalue weighted by Gasteiger charge is -2.38. The van der Waals surface area contributed by atoms with Crippen LogP contribution in [0.5, 0.6) is 0 Å². The maximum absolute atomic E-state index is 6.38. The molecule has 134 valence electrons. The van der Waals surface area contributed by atoms with Gasteiger partial charge in [-0.15, -0.1) is 0 Å². The molecule has 1 aliphatic heterocycles. The maximum Gasteiger partial charge on any atom is 0.0647 e. The molecule has 2 N–H and O–H groups in total. The molecule has 0 amide bonds. The summed E-state index contributed by atoms with van der Waals surface area (Å²) in [6, 6.07) is 12.2. The molecule has 0 saturated heterocycles. The minimum Gasteiger partial charge on any atom is -0.360 e. The first-order valence-electron chi connectivity index (χ1n) is 8.89. The summed E-state index contributed by atoms with van der Waals surface area (Å²) < 4.78 is 0. The monoisotopic (exact) mass is 384 g/mol. The van der Waals surface area contributed by atoms with Gasteiger partial charge in [0, 0.05) is 28.7 Å². The second kappa shape index (κ2) is 6.45. The van der Waals surface area contributed by atoms with Crippen molar-refractivity contribution in [3.63, 3.8) is 0 Å². The van der Waals surface area contributed by atoms with Gasteiger partial charge < -0.3 is 10.3 Å². The molecule has 2 aromatic carbocycles. The quantitative estimate of drug-likeness (QED) is 0.520. The predicted octanol–water partition coefficient (Wildman–Crippen LogP) is 6.47. The Morgan fingerprint density at radius 2 is 1.88 bits per heavy atom. The van der Waals surface area contributed by atoms with Gasteiger partial charge in [0.2, 0.25) is 0 Å². The Morgan fingerprint density at radius 3 is 2.69 bits per heavy atom. The molecule has 0 fully saturated rings. The number of benzene rings is 2. The molecule has 1 aliphatic rings. The van der Waals surface area contributed by atoms with E-state index in [0.29, 0.717) is 0 Å². The molecule has 0 unspecified atom stereocenters. The molecule has 1 aromatic heterocycles. The van der Waals surface area contributed by atoms with Crippen LogP contribution in [0.25, 0.3) is 16.5 Å². The lowest BCUT2D eigenvalue weighted by Crippen LogP contribution is -2.44. The van der Waals surface area contributed by atoms with Gasteiger partial charge in [-0.2, -0.15) is 0 Å². The number of fused-ring (bicyclic) bond motifs is 1. The lowest BCUT2D eigenvalue weighted by molar-refractivity contribution is 0.422. The minimum absolute atomic E-state index is 0.259. The first-order chi connectivity index (χ1) is 12.4. The Bertz CT molecular complexity index is 1030. The molecule has 4 rings (SSSR count). The molecule has 0 radical (unpaired) electrons. The summed E-state index contributed by atoms with van der Waals surface area (Å²) in [6.07, 6.45) is 3.08. The van der Waals surface area contributed by atoms with Gasteiger partial charge in [0.1, 0.15) is 0 Å². The van der Waals surface area contributed by atoms with E-state index < -0.39 is 0 Å². The number of hydrogen-bond acceptors (Lipinski definition) is 1. The van der Waals surface area contributed by atoms with Crippen LogP contribution in [-0.4, -0.2) is 11.5 Å². The van der Waals surface area contributed by atoms with Crippen molar-refractivity contribution in [1.29, 1.82) is 0 Å². The molecule has 2 nitrogen and oxygen atoms in total. The zero-order valence-corrected chi connectivity index (χ0v) is 16.7. The molecule has 0 spiro atoms. The van der Waals surface area contributed by atoms with Crippen LogP contribution in [0.15, 0.2) is 48.2 Å². The van der Waals surface area contributed by atoms with Gasteiger partial charge in [0.25, 0.3) is 0 Å². The van der Waals surface area contributed by atoms with E-state index in [0.717, 1.165) is 33.9 Å². The maximum atomic E-state index is 6.38. The van der Waals surface area contributed by atoms with Gasteiger partial charge in [-0.3, -0.25) is 0 Å². The predicted molar refractivity (Wildman–Crippen MR) is 112 cm³/mol. The van der Waals surface area contributed by atoms with E-state index in [9.17, 15) is 0 Å². The molecule has 26 heavy (non-hydrogen) atoms. The number of aryl methyl sites for hydroxylation is 1. The Balaban J connectivity index is 1.92. The minimum atomic E-state index is -0.259. The van der Waals surface area contributed by atoms with Crippen LogP contribution >= 0.6 is 23.2 Å². The van der Waals surface area contributed by atoms with Crippen LogP contribution in [0.2, 0.25) is 10.0 Å². The van der Waals surface area contributed by atoms with E-state index in [1.807, 2.05) is 18.2 Å². The zero-order valence-electron chi connectivity index (χ0n) is 15.2. The number of H-pyrrole nitrogens is 1. The molecule has 4 heteroatoms. The first-order valence-corrected chi connectivity index (χ1v) is 9.65. The van der Waals surface area contributed by atoms with Crippen molar-refractivity contribution in [3.8, 4) is 0 Å². The summed E-state index contributed by atoms with van der Waals surface area (Å²) >= 11 is 12.7. The fourth-order valence-electron chi connectivity index (χ4n) is 4.14. The van der Waals surface area contributed by atoms with Crippen molar-refractivity contribution < 1.29 is 0 Å². The molecule has 0 aliphatic carbocycles. The van der Waals surface area contributed by atoms with E-state index in [1.165, 1.54) is 27.8 Å². The summed E-state index contributed by atoms with van der Waals surface area (Å²) in [7, 11) is 0. The normalized spacial score (nSPS) is 20.8. The molecular formula is C22H22Cl2N2. The van der Waals surface area contributed by atoms with Crippen molar-refractivity contribution in [1.82, 2.24) is 10.3 Å². The highest BCUT2D eigenvalue weighted by atomic mass is 35.5. The lowest BCUT2D eigenvalue weighted by atomic mass is 9.77. The third kappa shape index (κ3) is 2.68. The number of nitrogens with one attached hydrogen (secondary N) is 2. The number of halogens is 2. The van der Waals surface area contributed by atoms with Gasteiger partial charge in [-0.25, -0.2) is 0 Å². The van der Waals surface area contributed by atoms with E-state index in [2.05, 4.69) is 55.5 Å². The number of hydrogen-bond donors (Lipinski definition) is 2. The molecule has 0 saturated carbocycles. The Kier molecular flexibility index (Phi) is 4.38. The summed E-state index contributed by atoms with van der Waals surface area (Å²) in [4.78, 5) is 3.36. The van der Waals surface area contributed by atoms with Crippen molar-refractivity contribution in [2.45, 2.75) is 32.7 Å². The summed E-state index contributed by atoms with van der Waals surface area (Å²) in [5.41, 5.74) is 7.18. The van der Waals surface area contributed by atoms with E-state index in [4.69, 9.17) is 23.2 Å². The van der Waals surface area contributed by atoms with Crippen LogP contribution in [0.4, 0.5) is 0 Å². The Hall–Kier alpha value is -1.74. The Labute approximate surface area is 164 Å². The van der Waals surface area contributed by atoms with Crippen LogP contribution < -0.4 is 5.32 Å². The number of rotatable bonds is 2. The van der Waals surface area contributed by atoms with Crippen molar-refractivity contribution in [2.24, 2.45) is 0 Å². The number of aromatic amines is 1. The van der Waals surface area contributed by atoms with Crippen molar-refractivity contribution in [3.05, 3.63) is 74.9 Å². The van der Waals surface area contributed by atoms with Gasteiger partial charge in [-0.05, 0) is 67.7 Å². The average Bonchev–Trinajstić information content (AvgIpc) is 3.06. The fraction of sp³-hybridized carbons (Fsp3) is 0.273. The average molecular weight is 385 g/mol. The van der Waals surface area contributed by atoms with Crippen LogP contribution in [0.1, 0.15) is 37.0 Å². The summed E-state index contributed by atoms with van der Waals surface area (Å²) in [5, 5.41) is 6.44. The summed E-state index contributed by atoms with van der Waals surface area (Å²) in [5.74, 6) is 0. The standard InChI is InChI=1S/C22H22Cl2N2/c1-13-7-8-15(23)11-18(13)16-9-10-26-22(3,14(16)2)19-12-25-21-17(19)5-4-6-20(21)24/h4-8,11-12,25-26H,9-10H2,1-3H3/t22-/m1/s1. The van der Waals surface area contributed by atoms with Crippen LogP contribution in [-0.2, 0) is 5.54 Å². The molecular weight excluding hydrogens is 363 g/mol. The molecule has 1 atom stereocenters.